The van der Waals surface area contributed by atoms with Crippen LogP contribution in [0.15, 0.2) is 47.4 Å². The van der Waals surface area contributed by atoms with Gasteiger partial charge in [-0.2, -0.15) is 0 Å². The normalized spacial score (nSPS) is 17.0. The van der Waals surface area contributed by atoms with Crippen molar-refractivity contribution >= 4 is 23.6 Å². The third-order valence-corrected chi connectivity index (χ3v) is 5.80. The highest BCUT2D eigenvalue weighted by Crippen LogP contribution is 2.36. The predicted molar refractivity (Wildman–Crippen MR) is 105 cm³/mol. The molecule has 7 heteroatoms. The molecular formula is C21H22F2N2O2S. The van der Waals surface area contributed by atoms with Gasteiger partial charge in [-0.05, 0) is 48.2 Å². The molecular weight excluding hydrogens is 382 g/mol. The van der Waals surface area contributed by atoms with Crippen LogP contribution < -0.4 is 10.6 Å². The number of hydrogen-bond donors (Lipinski definition) is 2. The molecule has 0 saturated heterocycles. The summed E-state index contributed by atoms with van der Waals surface area (Å²) in [5.41, 5.74) is 0.634. The van der Waals surface area contributed by atoms with Gasteiger partial charge < -0.3 is 10.6 Å². The van der Waals surface area contributed by atoms with Gasteiger partial charge in [0.15, 0.2) is 0 Å². The lowest BCUT2D eigenvalue weighted by Crippen LogP contribution is -2.50. The molecule has 0 aliphatic carbocycles. The molecule has 1 aliphatic rings. The van der Waals surface area contributed by atoms with Crippen molar-refractivity contribution in [1.29, 1.82) is 0 Å². The van der Waals surface area contributed by atoms with E-state index in [4.69, 9.17) is 0 Å². The summed E-state index contributed by atoms with van der Waals surface area (Å²) in [5, 5.41) is 5.56. The van der Waals surface area contributed by atoms with Gasteiger partial charge in [0.05, 0.1) is 11.6 Å². The number of nitrogens with one attached hydrogen (secondary N) is 2. The molecule has 2 amide bonds. The summed E-state index contributed by atoms with van der Waals surface area (Å²) < 4.78 is 27.5. The van der Waals surface area contributed by atoms with Gasteiger partial charge in [-0.3, -0.25) is 9.59 Å². The van der Waals surface area contributed by atoms with E-state index in [-0.39, 0.29) is 29.2 Å². The highest BCUT2D eigenvalue weighted by atomic mass is 32.2. The van der Waals surface area contributed by atoms with E-state index < -0.39 is 17.8 Å². The highest BCUT2D eigenvalue weighted by molar-refractivity contribution is 7.99. The Balaban J connectivity index is 1.75. The third-order valence-electron chi connectivity index (χ3n) is 4.68. The van der Waals surface area contributed by atoms with E-state index in [1.807, 2.05) is 0 Å². The van der Waals surface area contributed by atoms with Crippen LogP contribution in [0.3, 0.4) is 0 Å². The minimum atomic E-state index is -0.835. The summed E-state index contributed by atoms with van der Waals surface area (Å²) in [7, 11) is 0. The van der Waals surface area contributed by atoms with Crippen molar-refractivity contribution in [2.75, 3.05) is 5.75 Å². The van der Waals surface area contributed by atoms with E-state index >= 15 is 0 Å². The van der Waals surface area contributed by atoms with Crippen LogP contribution in [-0.2, 0) is 4.79 Å². The van der Waals surface area contributed by atoms with Crippen molar-refractivity contribution in [2.24, 2.45) is 5.92 Å². The van der Waals surface area contributed by atoms with E-state index in [9.17, 15) is 18.4 Å². The molecule has 4 nitrogen and oxygen atoms in total. The van der Waals surface area contributed by atoms with Gasteiger partial charge in [-0.1, -0.05) is 26.0 Å². The van der Waals surface area contributed by atoms with Crippen LogP contribution in [0.25, 0.3) is 0 Å². The maximum Gasteiger partial charge on any atom is 0.254 e. The van der Waals surface area contributed by atoms with Crippen molar-refractivity contribution in [3.63, 3.8) is 0 Å². The largest absolute Gasteiger partial charge is 0.347 e. The van der Waals surface area contributed by atoms with E-state index in [1.165, 1.54) is 30.3 Å². The SMILES string of the molecule is CC(C)[C@H](NC(=O)c1ccccc1F)C(=O)NC1CCSc2ccc(F)cc21. The molecule has 0 spiro atoms. The molecule has 3 rings (SSSR count). The average Bonchev–Trinajstić information content (AvgIpc) is 2.66. The minimum Gasteiger partial charge on any atom is -0.347 e. The molecule has 0 saturated carbocycles. The van der Waals surface area contributed by atoms with Crippen LogP contribution in [0.4, 0.5) is 8.78 Å². The second-order valence-electron chi connectivity index (χ2n) is 7.06. The first-order valence-electron chi connectivity index (χ1n) is 9.15. The standard InChI is InChI=1S/C21H22F2N2O2S/c1-12(2)19(25-20(26)14-5-3-4-6-16(14)23)21(27)24-17-9-10-28-18-8-7-13(22)11-15(17)18/h3-8,11-12,17,19H,9-10H2,1-2H3,(H,24,27)(H,25,26)/t17?,19-/m0/s1. The van der Waals surface area contributed by atoms with Gasteiger partial charge in [0.2, 0.25) is 5.91 Å². The van der Waals surface area contributed by atoms with Crippen LogP contribution in [0.1, 0.15) is 42.2 Å². The zero-order chi connectivity index (χ0) is 20.3. The van der Waals surface area contributed by atoms with Gasteiger partial charge in [-0.25, -0.2) is 8.78 Å². The van der Waals surface area contributed by atoms with Gasteiger partial charge >= 0.3 is 0 Å². The highest BCUT2D eigenvalue weighted by Gasteiger charge is 2.29. The minimum absolute atomic E-state index is 0.109. The first kappa shape index (κ1) is 20.3. The number of thioether (sulfide) groups is 1. The number of halogens is 2. The Morgan fingerprint density at radius 3 is 2.61 bits per heavy atom. The average molecular weight is 404 g/mol. The van der Waals surface area contributed by atoms with Crippen molar-refractivity contribution in [3.05, 3.63) is 65.2 Å². The van der Waals surface area contributed by atoms with Gasteiger partial charge in [0.1, 0.15) is 17.7 Å². The Bertz CT molecular complexity index is 888. The summed E-state index contributed by atoms with van der Waals surface area (Å²) in [4.78, 5) is 26.3. The number of benzene rings is 2. The second-order valence-corrected chi connectivity index (χ2v) is 8.19. The Hall–Kier alpha value is -2.41. The van der Waals surface area contributed by atoms with Crippen molar-refractivity contribution < 1.29 is 18.4 Å². The fourth-order valence-corrected chi connectivity index (χ4v) is 4.28. The predicted octanol–water partition coefficient (Wildman–Crippen LogP) is 4.07. The number of hydrogen-bond acceptors (Lipinski definition) is 3. The number of amides is 2. The van der Waals surface area contributed by atoms with E-state index in [0.717, 1.165) is 16.2 Å². The number of carbonyl (C=O) groups is 2. The molecule has 2 aromatic rings. The summed E-state index contributed by atoms with van der Waals surface area (Å²) in [5.74, 6) is -1.41. The third kappa shape index (κ3) is 4.52. The number of rotatable bonds is 5. The summed E-state index contributed by atoms with van der Waals surface area (Å²) in [6.45, 7) is 3.60. The molecule has 0 aromatic heterocycles. The Labute approximate surface area is 167 Å². The van der Waals surface area contributed by atoms with Crippen LogP contribution >= 0.6 is 11.8 Å². The lowest BCUT2D eigenvalue weighted by Gasteiger charge is -2.29. The Morgan fingerprint density at radius 1 is 1.14 bits per heavy atom. The second kappa shape index (κ2) is 8.73. The first-order valence-corrected chi connectivity index (χ1v) is 10.1. The Morgan fingerprint density at radius 2 is 1.89 bits per heavy atom. The van der Waals surface area contributed by atoms with Crippen LogP contribution in [0.5, 0.6) is 0 Å². The van der Waals surface area contributed by atoms with Crippen molar-refractivity contribution in [1.82, 2.24) is 10.6 Å². The molecule has 1 aliphatic heterocycles. The zero-order valence-corrected chi connectivity index (χ0v) is 16.5. The maximum atomic E-state index is 13.9. The van der Waals surface area contributed by atoms with Gasteiger partial charge in [-0.15, -0.1) is 11.8 Å². The fourth-order valence-electron chi connectivity index (χ4n) is 3.18. The maximum absolute atomic E-state index is 13.9. The van der Waals surface area contributed by atoms with E-state index in [2.05, 4.69) is 10.6 Å². The van der Waals surface area contributed by atoms with Crippen molar-refractivity contribution in [2.45, 2.75) is 37.2 Å². The smallest absolute Gasteiger partial charge is 0.254 e. The molecule has 0 fully saturated rings. The molecule has 0 bridgehead atoms. The summed E-state index contributed by atoms with van der Waals surface area (Å²) >= 11 is 1.62. The van der Waals surface area contributed by atoms with Crippen LogP contribution in [-0.4, -0.2) is 23.6 Å². The molecule has 1 unspecified atom stereocenters. The van der Waals surface area contributed by atoms with Crippen LogP contribution in [0, 0.1) is 17.6 Å². The number of carbonyl (C=O) groups excluding carboxylic acids is 2. The molecule has 1 heterocycles. The molecule has 2 N–H and O–H groups in total. The molecule has 148 valence electrons. The van der Waals surface area contributed by atoms with E-state index in [1.54, 1.807) is 37.7 Å². The Kier molecular flexibility index (Phi) is 6.34. The summed E-state index contributed by atoms with van der Waals surface area (Å²) in [6.07, 6.45) is 0.666. The zero-order valence-electron chi connectivity index (χ0n) is 15.7. The van der Waals surface area contributed by atoms with Gasteiger partial charge in [0.25, 0.3) is 5.91 Å². The first-order chi connectivity index (χ1) is 13.4. The molecule has 0 radical (unpaired) electrons. The van der Waals surface area contributed by atoms with E-state index in [0.29, 0.717) is 6.42 Å². The number of fused-ring (bicyclic) bond motifs is 1. The topological polar surface area (TPSA) is 58.2 Å². The molecule has 2 aromatic carbocycles. The molecule has 2 atom stereocenters. The van der Waals surface area contributed by atoms with Crippen LogP contribution in [0.2, 0.25) is 0 Å². The lowest BCUT2D eigenvalue weighted by molar-refractivity contribution is -0.124. The fraction of sp³-hybridized carbons (Fsp3) is 0.333. The molecule has 28 heavy (non-hydrogen) atoms. The van der Waals surface area contributed by atoms with Crippen molar-refractivity contribution in [3.8, 4) is 0 Å². The lowest BCUT2D eigenvalue weighted by atomic mass is 9.99. The van der Waals surface area contributed by atoms with Gasteiger partial charge in [0, 0.05) is 10.6 Å². The summed E-state index contributed by atoms with van der Waals surface area (Å²) in [6, 6.07) is 9.03. The quantitative estimate of drug-likeness (QED) is 0.790. The monoisotopic (exact) mass is 404 g/mol.